The van der Waals surface area contributed by atoms with Gasteiger partial charge in [0, 0.05) is 42.9 Å². The molecule has 0 saturated carbocycles. The van der Waals surface area contributed by atoms with Crippen LogP contribution in [0, 0.1) is 0 Å². The minimum absolute atomic E-state index is 0.349. The van der Waals surface area contributed by atoms with Crippen LogP contribution in [0.1, 0.15) is 12.8 Å². The molecule has 0 aliphatic carbocycles. The number of benzene rings is 1. The average molecular weight is 372 g/mol. The van der Waals surface area contributed by atoms with Crippen molar-refractivity contribution in [3.05, 3.63) is 36.7 Å². The number of nitrogens with one attached hydrogen (secondary N) is 1. The molecule has 3 aromatic rings. The number of hydrogen-bond acceptors (Lipinski definition) is 6. The number of fused-ring (bicyclic) bond motifs is 1. The van der Waals surface area contributed by atoms with Crippen LogP contribution in [0.15, 0.2) is 36.7 Å². The van der Waals surface area contributed by atoms with Gasteiger partial charge >= 0.3 is 0 Å². The molecule has 0 amide bonds. The molecule has 0 radical (unpaired) electrons. The van der Waals surface area contributed by atoms with E-state index in [9.17, 15) is 8.42 Å². The maximum absolute atomic E-state index is 11.5. The SMILES string of the molecule is CS(=O)(=O)COc1cc(-c2cnc3[nH]ccc3n2)cc(N2CCCC2)c1. The number of hydrogen-bond donors (Lipinski definition) is 1. The molecular weight excluding hydrogens is 352 g/mol. The van der Waals surface area contributed by atoms with Crippen LogP contribution in [0.2, 0.25) is 0 Å². The van der Waals surface area contributed by atoms with Crippen molar-refractivity contribution < 1.29 is 13.2 Å². The highest BCUT2D eigenvalue weighted by Crippen LogP contribution is 2.32. The number of sulfone groups is 1. The molecule has 0 unspecified atom stereocenters. The van der Waals surface area contributed by atoms with Gasteiger partial charge in [0.05, 0.1) is 11.9 Å². The molecule has 1 saturated heterocycles. The lowest BCUT2D eigenvalue weighted by Gasteiger charge is -2.20. The molecule has 1 N–H and O–H groups in total. The predicted octanol–water partition coefficient (Wildman–Crippen LogP) is 2.61. The first-order valence-electron chi connectivity index (χ1n) is 8.49. The third-order valence-electron chi connectivity index (χ3n) is 4.36. The van der Waals surface area contributed by atoms with E-state index in [0.29, 0.717) is 5.75 Å². The summed E-state index contributed by atoms with van der Waals surface area (Å²) in [6, 6.07) is 7.63. The summed E-state index contributed by atoms with van der Waals surface area (Å²) in [4.78, 5) is 14.3. The highest BCUT2D eigenvalue weighted by molar-refractivity contribution is 7.90. The van der Waals surface area contributed by atoms with Gasteiger partial charge in [-0.1, -0.05) is 0 Å². The minimum atomic E-state index is -3.22. The van der Waals surface area contributed by atoms with Gasteiger partial charge in [-0.05, 0) is 31.0 Å². The zero-order valence-corrected chi connectivity index (χ0v) is 15.3. The second-order valence-electron chi connectivity index (χ2n) is 6.56. The molecule has 1 fully saturated rings. The quantitative estimate of drug-likeness (QED) is 0.741. The molecule has 1 aliphatic heterocycles. The zero-order chi connectivity index (χ0) is 18.1. The number of rotatable bonds is 5. The third-order valence-corrected chi connectivity index (χ3v) is 4.90. The van der Waals surface area contributed by atoms with Gasteiger partial charge in [0.2, 0.25) is 0 Å². The smallest absolute Gasteiger partial charge is 0.188 e. The first kappa shape index (κ1) is 16.8. The van der Waals surface area contributed by atoms with Crippen molar-refractivity contribution in [3.63, 3.8) is 0 Å². The maximum atomic E-state index is 11.5. The Morgan fingerprint density at radius 2 is 2.04 bits per heavy atom. The van der Waals surface area contributed by atoms with Crippen LogP contribution < -0.4 is 9.64 Å². The van der Waals surface area contributed by atoms with Crippen molar-refractivity contribution in [2.24, 2.45) is 0 Å². The Labute approximate surface area is 152 Å². The number of ether oxygens (including phenoxy) is 1. The van der Waals surface area contributed by atoms with Crippen LogP contribution >= 0.6 is 0 Å². The van der Waals surface area contributed by atoms with Crippen molar-refractivity contribution in [2.45, 2.75) is 12.8 Å². The third kappa shape index (κ3) is 3.65. The normalized spacial score (nSPS) is 14.9. The molecule has 1 aliphatic rings. The Kier molecular flexibility index (Phi) is 4.28. The van der Waals surface area contributed by atoms with Crippen LogP contribution in [-0.4, -0.2) is 48.7 Å². The van der Waals surface area contributed by atoms with Crippen LogP contribution in [0.4, 0.5) is 5.69 Å². The van der Waals surface area contributed by atoms with Gasteiger partial charge in [0.15, 0.2) is 21.4 Å². The minimum Gasteiger partial charge on any atom is -0.478 e. The highest BCUT2D eigenvalue weighted by atomic mass is 32.2. The average Bonchev–Trinajstić information content (AvgIpc) is 3.30. The van der Waals surface area contributed by atoms with Crippen LogP contribution in [-0.2, 0) is 9.84 Å². The molecule has 0 spiro atoms. The standard InChI is InChI=1S/C18H20N4O3S/c1-26(23,24)12-25-15-9-13(8-14(10-15)22-6-2-3-7-22)17-11-20-18-16(21-17)4-5-19-18/h4-5,8-11H,2-3,6-7,12H2,1H3,(H,19,20). The summed E-state index contributed by atoms with van der Waals surface area (Å²) in [5.74, 6) is 0.170. The van der Waals surface area contributed by atoms with Crippen molar-refractivity contribution in [2.75, 3.05) is 30.2 Å². The summed E-state index contributed by atoms with van der Waals surface area (Å²) in [7, 11) is -3.22. The monoisotopic (exact) mass is 372 g/mol. The van der Waals surface area contributed by atoms with E-state index in [0.717, 1.165) is 60.3 Å². The van der Waals surface area contributed by atoms with Gasteiger partial charge in [0.25, 0.3) is 0 Å². The lowest BCUT2D eigenvalue weighted by atomic mass is 10.1. The second kappa shape index (κ2) is 6.60. The maximum Gasteiger partial charge on any atom is 0.188 e. The van der Waals surface area contributed by atoms with Gasteiger partial charge in [-0.2, -0.15) is 0 Å². The fourth-order valence-corrected chi connectivity index (χ4v) is 3.47. The molecule has 3 heterocycles. The molecule has 26 heavy (non-hydrogen) atoms. The Balaban J connectivity index is 1.74. The number of nitrogens with zero attached hydrogens (tertiary/aromatic N) is 3. The number of H-pyrrole nitrogens is 1. The Bertz CT molecular complexity index is 1040. The summed E-state index contributed by atoms with van der Waals surface area (Å²) >= 11 is 0. The van der Waals surface area contributed by atoms with Gasteiger partial charge in [-0.25, -0.2) is 18.4 Å². The van der Waals surface area contributed by atoms with Gasteiger partial charge in [0.1, 0.15) is 11.3 Å². The van der Waals surface area contributed by atoms with E-state index in [2.05, 4.69) is 25.9 Å². The van der Waals surface area contributed by atoms with E-state index >= 15 is 0 Å². The molecular formula is C18H20N4O3S. The lowest BCUT2D eigenvalue weighted by molar-refractivity contribution is 0.378. The van der Waals surface area contributed by atoms with Crippen LogP contribution in [0.5, 0.6) is 5.75 Å². The molecule has 1 aromatic carbocycles. The summed E-state index contributed by atoms with van der Waals surface area (Å²) in [5.41, 5.74) is 4.11. The number of anilines is 1. The number of aromatic nitrogens is 3. The van der Waals surface area contributed by atoms with E-state index in [1.54, 1.807) is 12.4 Å². The summed E-state index contributed by atoms with van der Waals surface area (Å²) in [6.07, 6.45) is 6.97. The Hall–Kier alpha value is -2.61. The largest absolute Gasteiger partial charge is 0.478 e. The van der Waals surface area contributed by atoms with Crippen molar-refractivity contribution in [1.29, 1.82) is 0 Å². The predicted molar refractivity (Wildman–Crippen MR) is 101 cm³/mol. The molecule has 8 heteroatoms. The van der Waals surface area contributed by atoms with Gasteiger partial charge in [-0.15, -0.1) is 0 Å². The van der Waals surface area contributed by atoms with Crippen molar-refractivity contribution in [1.82, 2.24) is 15.0 Å². The fraction of sp³-hybridized carbons (Fsp3) is 0.333. The van der Waals surface area contributed by atoms with Crippen LogP contribution in [0.3, 0.4) is 0 Å². The van der Waals surface area contributed by atoms with Gasteiger partial charge < -0.3 is 14.6 Å². The first-order chi connectivity index (χ1) is 12.5. The van der Waals surface area contributed by atoms with E-state index in [1.807, 2.05) is 18.2 Å². The fourth-order valence-electron chi connectivity index (χ4n) is 3.12. The van der Waals surface area contributed by atoms with Crippen LogP contribution in [0.25, 0.3) is 22.4 Å². The molecule has 0 bridgehead atoms. The lowest BCUT2D eigenvalue weighted by Crippen LogP contribution is -2.18. The summed E-state index contributed by atoms with van der Waals surface area (Å²) in [6.45, 7) is 1.97. The van der Waals surface area contributed by atoms with Crippen molar-refractivity contribution >= 4 is 26.7 Å². The molecule has 136 valence electrons. The Morgan fingerprint density at radius 1 is 1.23 bits per heavy atom. The summed E-state index contributed by atoms with van der Waals surface area (Å²) in [5, 5.41) is 0. The number of aromatic amines is 1. The Morgan fingerprint density at radius 3 is 2.81 bits per heavy atom. The molecule has 7 nitrogen and oxygen atoms in total. The first-order valence-corrected chi connectivity index (χ1v) is 10.6. The van der Waals surface area contributed by atoms with E-state index < -0.39 is 9.84 Å². The summed E-state index contributed by atoms with van der Waals surface area (Å²) < 4.78 is 28.4. The molecule has 4 rings (SSSR count). The highest BCUT2D eigenvalue weighted by Gasteiger charge is 2.16. The van der Waals surface area contributed by atoms with Gasteiger partial charge in [-0.3, -0.25) is 0 Å². The van der Waals surface area contributed by atoms with E-state index in [1.165, 1.54) is 0 Å². The van der Waals surface area contributed by atoms with E-state index in [4.69, 9.17) is 4.74 Å². The molecule has 0 atom stereocenters. The van der Waals surface area contributed by atoms with Crippen molar-refractivity contribution in [3.8, 4) is 17.0 Å². The topological polar surface area (TPSA) is 88.2 Å². The van der Waals surface area contributed by atoms with E-state index in [-0.39, 0.29) is 5.94 Å². The molecule has 2 aromatic heterocycles. The second-order valence-corrected chi connectivity index (χ2v) is 8.65. The zero-order valence-electron chi connectivity index (χ0n) is 14.5.